The fourth-order valence-corrected chi connectivity index (χ4v) is 2.63. The van der Waals surface area contributed by atoms with Crippen molar-refractivity contribution in [3.05, 3.63) is 102 Å². The average molecular weight is 344 g/mol. The maximum Gasteiger partial charge on any atom is 0.244 e. The minimum atomic E-state index is -0.306. The van der Waals surface area contributed by atoms with Gasteiger partial charge in [0.25, 0.3) is 0 Å². The summed E-state index contributed by atoms with van der Waals surface area (Å²) < 4.78 is 5.20. The molecule has 0 aliphatic rings. The molecule has 4 heteroatoms. The Morgan fingerprint density at radius 3 is 2.58 bits per heavy atom. The fourth-order valence-electron chi connectivity index (χ4n) is 2.63. The smallest absolute Gasteiger partial charge is 0.244 e. The second kappa shape index (κ2) is 8.62. The number of carbonyl (C=O) groups excluding carboxylic acids is 1. The Morgan fingerprint density at radius 2 is 1.85 bits per heavy atom. The van der Waals surface area contributed by atoms with Crippen LogP contribution in [0.15, 0.2) is 85.1 Å². The molecule has 3 aromatic rings. The third-order valence-corrected chi connectivity index (χ3v) is 3.92. The van der Waals surface area contributed by atoms with E-state index < -0.39 is 0 Å². The lowest BCUT2D eigenvalue weighted by Gasteiger charge is -2.17. The standard InChI is InChI=1S/C22H20N2O2/c1-26-19-11-7-8-17(16-19)13-14-21(25)24-22(18-9-3-2-4-10-18)20-12-5-6-15-23-20/h2-16,22H,1H3,(H,24,25). The van der Waals surface area contributed by atoms with Gasteiger partial charge in [-0.2, -0.15) is 0 Å². The number of nitrogens with one attached hydrogen (secondary N) is 1. The minimum absolute atomic E-state index is 0.188. The van der Waals surface area contributed by atoms with Crippen molar-refractivity contribution in [3.63, 3.8) is 0 Å². The molecule has 0 bridgehead atoms. The van der Waals surface area contributed by atoms with Crippen LogP contribution in [0.3, 0.4) is 0 Å². The quantitative estimate of drug-likeness (QED) is 0.688. The number of amides is 1. The van der Waals surface area contributed by atoms with Crippen LogP contribution in [0.4, 0.5) is 0 Å². The molecule has 1 atom stereocenters. The molecule has 0 saturated heterocycles. The molecule has 26 heavy (non-hydrogen) atoms. The Bertz CT molecular complexity index is 837. The summed E-state index contributed by atoms with van der Waals surface area (Å²) in [5.41, 5.74) is 2.67. The summed E-state index contributed by atoms with van der Waals surface area (Å²) in [6.07, 6.45) is 5.01. The monoisotopic (exact) mass is 344 g/mol. The average Bonchev–Trinajstić information content (AvgIpc) is 2.72. The number of rotatable bonds is 6. The van der Waals surface area contributed by atoms with Gasteiger partial charge in [-0.25, -0.2) is 0 Å². The number of ether oxygens (including phenoxy) is 1. The lowest BCUT2D eigenvalue weighted by molar-refractivity contribution is -0.116. The van der Waals surface area contributed by atoms with E-state index in [9.17, 15) is 4.79 Å². The lowest BCUT2D eigenvalue weighted by atomic mass is 10.0. The van der Waals surface area contributed by atoms with Crippen molar-refractivity contribution in [1.82, 2.24) is 10.3 Å². The van der Waals surface area contributed by atoms with Crippen molar-refractivity contribution in [2.45, 2.75) is 6.04 Å². The first-order valence-corrected chi connectivity index (χ1v) is 8.35. The lowest BCUT2D eigenvalue weighted by Crippen LogP contribution is -2.28. The van der Waals surface area contributed by atoms with Crippen molar-refractivity contribution in [3.8, 4) is 5.75 Å². The van der Waals surface area contributed by atoms with Crippen LogP contribution in [0.1, 0.15) is 22.9 Å². The topological polar surface area (TPSA) is 51.2 Å². The molecule has 0 aliphatic heterocycles. The van der Waals surface area contributed by atoms with Crippen molar-refractivity contribution in [2.75, 3.05) is 7.11 Å². The first-order valence-electron chi connectivity index (χ1n) is 8.35. The van der Waals surface area contributed by atoms with Gasteiger partial charge in [0.15, 0.2) is 0 Å². The first kappa shape index (κ1) is 17.4. The molecule has 1 amide bonds. The molecule has 0 spiro atoms. The zero-order chi connectivity index (χ0) is 18.2. The molecule has 130 valence electrons. The number of hydrogen-bond donors (Lipinski definition) is 1. The molecule has 1 unspecified atom stereocenters. The third-order valence-electron chi connectivity index (χ3n) is 3.92. The molecule has 1 aromatic heterocycles. The van der Waals surface area contributed by atoms with Crippen molar-refractivity contribution in [2.24, 2.45) is 0 Å². The van der Waals surface area contributed by atoms with Gasteiger partial charge >= 0.3 is 0 Å². The summed E-state index contributed by atoms with van der Waals surface area (Å²) in [5, 5.41) is 3.03. The predicted molar refractivity (Wildman–Crippen MR) is 103 cm³/mol. The van der Waals surface area contributed by atoms with Gasteiger partial charge < -0.3 is 10.1 Å². The number of nitrogens with zero attached hydrogens (tertiary/aromatic N) is 1. The molecular weight excluding hydrogens is 324 g/mol. The summed E-state index contributed by atoms with van der Waals surface area (Å²) >= 11 is 0. The summed E-state index contributed by atoms with van der Waals surface area (Å²) in [6, 6.07) is 22.7. The van der Waals surface area contributed by atoms with E-state index in [0.717, 1.165) is 22.6 Å². The Labute approximate surface area is 153 Å². The zero-order valence-corrected chi connectivity index (χ0v) is 14.5. The van der Waals surface area contributed by atoms with Crippen LogP contribution in [0.25, 0.3) is 6.08 Å². The van der Waals surface area contributed by atoms with Gasteiger partial charge in [0.2, 0.25) is 5.91 Å². The van der Waals surface area contributed by atoms with Gasteiger partial charge in [-0.15, -0.1) is 0 Å². The second-order valence-electron chi connectivity index (χ2n) is 5.72. The van der Waals surface area contributed by atoms with Crippen LogP contribution in [-0.2, 0) is 4.79 Å². The summed E-state index contributed by atoms with van der Waals surface area (Å²) in [7, 11) is 1.62. The first-order chi connectivity index (χ1) is 12.8. The van der Waals surface area contributed by atoms with Gasteiger partial charge in [-0.3, -0.25) is 9.78 Å². The van der Waals surface area contributed by atoms with Gasteiger partial charge in [0.05, 0.1) is 18.8 Å². The van der Waals surface area contributed by atoms with E-state index in [-0.39, 0.29) is 11.9 Å². The van der Waals surface area contributed by atoms with Crippen LogP contribution < -0.4 is 10.1 Å². The fraction of sp³-hybridized carbons (Fsp3) is 0.0909. The highest BCUT2D eigenvalue weighted by atomic mass is 16.5. The highest BCUT2D eigenvalue weighted by Crippen LogP contribution is 2.20. The third kappa shape index (κ3) is 4.57. The maximum atomic E-state index is 12.5. The Hall–Kier alpha value is -3.40. The molecule has 0 aliphatic carbocycles. The van der Waals surface area contributed by atoms with Crippen molar-refractivity contribution < 1.29 is 9.53 Å². The van der Waals surface area contributed by atoms with Crippen LogP contribution in [-0.4, -0.2) is 18.0 Å². The molecule has 2 aromatic carbocycles. The molecular formula is C22H20N2O2. The summed E-state index contributed by atoms with van der Waals surface area (Å²) in [4.78, 5) is 16.9. The van der Waals surface area contributed by atoms with E-state index >= 15 is 0 Å². The van der Waals surface area contributed by atoms with Crippen LogP contribution in [0.5, 0.6) is 5.75 Å². The van der Waals surface area contributed by atoms with Crippen molar-refractivity contribution >= 4 is 12.0 Å². The summed E-state index contributed by atoms with van der Waals surface area (Å²) in [5.74, 6) is 0.565. The summed E-state index contributed by atoms with van der Waals surface area (Å²) in [6.45, 7) is 0. The van der Waals surface area contributed by atoms with E-state index in [2.05, 4.69) is 10.3 Å². The predicted octanol–water partition coefficient (Wildman–Crippen LogP) is 4.01. The van der Waals surface area contributed by atoms with Crippen LogP contribution in [0.2, 0.25) is 0 Å². The van der Waals surface area contributed by atoms with E-state index in [1.165, 1.54) is 6.08 Å². The van der Waals surface area contributed by atoms with Crippen molar-refractivity contribution in [1.29, 1.82) is 0 Å². The number of benzene rings is 2. The molecule has 0 fully saturated rings. The normalized spacial score (nSPS) is 11.9. The molecule has 1 N–H and O–H groups in total. The highest BCUT2D eigenvalue weighted by Gasteiger charge is 2.16. The van der Waals surface area contributed by atoms with E-state index in [4.69, 9.17) is 4.74 Å². The number of aromatic nitrogens is 1. The Balaban J connectivity index is 1.78. The van der Waals surface area contributed by atoms with E-state index in [0.29, 0.717) is 0 Å². The number of methoxy groups -OCH3 is 1. The second-order valence-corrected chi connectivity index (χ2v) is 5.72. The Kier molecular flexibility index (Phi) is 5.78. The van der Waals surface area contributed by atoms with E-state index in [1.807, 2.05) is 72.8 Å². The van der Waals surface area contributed by atoms with E-state index in [1.54, 1.807) is 19.4 Å². The highest BCUT2D eigenvalue weighted by molar-refractivity contribution is 5.92. The zero-order valence-electron chi connectivity index (χ0n) is 14.5. The molecule has 3 rings (SSSR count). The van der Waals surface area contributed by atoms with Gasteiger partial charge in [-0.1, -0.05) is 48.5 Å². The number of hydrogen-bond acceptors (Lipinski definition) is 3. The maximum absolute atomic E-state index is 12.5. The molecule has 1 heterocycles. The number of pyridine rings is 1. The molecule has 4 nitrogen and oxygen atoms in total. The molecule has 0 saturated carbocycles. The SMILES string of the molecule is COc1cccc(C=CC(=O)NC(c2ccccc2)c2ccccn2)c1. The van der Waals surface area contributed by atoms with Gasteiger partial charge in [-0.05, 0) is 41.5 Å². The Morgan fingerprint density at radius 1 is 1.04 bits per heavy atom. The van der Waals surface area contributed by atoms with Gasteiger partial charge in [0.1, 0.15) is 5.75 Å². The van der Waals surface area contributed by atoms with Crippen LogP contribution in [0, 0.1) is 0 Å². The molecule has 0 radical (unpaired) electrons. The largest absolute Gasteiger partial charge is 0.497 e. The van der Waals surface area contributed by atoms with Crippen LogP contribution >= 0.6 is 0 Å². The number of carbonyl (C=O) groups is 1. The van der Waals surface area contributed by atoms with Gasteiger partial charge in [0, 0.05) is 12.3 Å². The minimum Gasteiger partial charge on any atom is -0.497 e.